The molecule has 3 rings (SSSR count). The van der Waals surface area contributed by atoms with E-state index < -0.39 is 0 Å². The number of ether oxygens (including phenoxy) is 1. The predicted molar refractivity (Wildman–Crippen MR) is 84.9 cm³/mol. The van der Waals surface area contributed by atoms with Crippen LogP contribution in [0.4, 0.5) is 0 Å². The van der Waals surface area contributed by atoms with Crippen LogP contribution in [-0.4, -0.2) is 32.8 Å². The third-order valence-corrected chi connectivity index (χ3v) is 3.14. The molecule has 2 aromatic carbocycles. The Bertz CT molecular complexity index is 781. The van der Waals surface area contributed by atoms with E-state index >= 15 is 0 Å². The maximum Gasteiger partial charge on any atom is 0.338 e. The Morgan fingerprint density at radius 1 is 1.09 bits per heavy atom. The summed E-state index contributed by atoms with van der Waals surface area (Å²) in [6, 6.07) is 16.7. The molecule has 0 aliphatic carbocycles. The number of esters is 1. The van der Waals surface area contributed by atoms with E-state index in [1.807, 2.05) is 42.5 Å². The molecule has 0 saturated carbocycles. The molecule has 23 heavy (non-hydrogen) atoms. The van der Waals surface area contributed by atoms with Crippen molar-refractivity contribution in [3.8, 4) is 5.69 Å². The van der Waals surface area contributed by atoms with Crippen LogP contribution >= 0.6 is 0 Å². The largest absolute Gasteiger partial charge is 0.458 e. The molecule has 0 aliphatic rings. The lowest BCUT2D eigenvalue weighted by atomic mass is 10.2. The van der Waals surface area contributed by atoms with E-state index in [1.165, 1.54) is 11.0 Å². The molecule has 0 N–H and O–H groups in total. The lowest BCUT2D eigenvalue weighted by molar-refractivity contribution is 0.0550. The number of hydrogen-bond acceptors (Lipinski definition) is 5. The molecular weight excluding hydrogens is 292 g/mol. The number of tetrazole rings is 1. The molecular formula is C17H14N4O2. The van der Waals surface area contributed by atoms with Crippen LogP contribution in [0.2, 0.25) is 0 Å². The summed E-state index contributed by atoms with van der Waals surface area (Å²) in [7, 11) is 0. The molecule has 0 aliphatic heterocycles. The van der Waals surface area contributed by atoms with E-state index in [0.717, 1.165) is 11.3 Å². The number of benzene rings is 2. The number of nitrogens with zero attached hydrogens (tertiary/aromatic N) is 4. The quantitative estimate of drug-likeness (QED) is 0.677. The van der Waals surface area contributed by atoms with Gasteiger partial charge in [0.1, 0.15) is 12.9 Å². The molecule has 6 nitrogen and oxygen atoms in total. The number of hydrogen-bond donors (Lipinski definition) is 0. The maximum atomic E-state index is 12.0. The summed E-state index contributed by atoms with van der Waals surface area (Å²) in [6.45, 7) is 0.225. The summed E-state index contributed by atoms with van der Waals surface area (Å²) >= 11 is 0. The van der Waals surface area contributed by atoms with Gasteiger partial charge in [0.05, 0.1) is 11.3 Å². The Labute approximate surface area is 133 Å². The third kappa shape index (κ3) is 3.88. The summed E-state index contributed by atoms with van der Waals surface area (Å²) in [4.78, 5) is 12.0. The average Bonchev–Trinajstić information content (AvgIpc) is 3.14. The molecule has 0 unspecified atom stereocenters. The fraction of sp³-hybridized carbons (Fsp3) is 0.0588. The van der Waals surface area contributed by atoms with Gasteiger partial charge in [0.2, 0.25) is 0 Å². The van der Waals surface area contributed by atoms with Crippen molar-refractivity contribution in [2.45, 2.75) is 0 Å². The minimum atomic E-state index is -0.369. The van der Waals surface area contributed by atoms with Crippen molar-refractivity contribution in [3.05, 3.63) is 78.1 Å². The fourth-order valence-corrected chi connectivity index (χ4v) is 1.99. The summed E-state index contributed by atoms with van der Waals surface area (Å²) < 4.78 is 6.72. The van der Waals surface area contributed by atoms with Gasteiger partial charge in [-0.3, -0.25) is 0 Å². The van der Waals surface area contributed by atoms with Gasteiger partial charge in [-0.25, -0.2) is 9.48 Å². The first-order chi connectivity index (χ1) is 11.3. The van der Waals surface area contributed by atoms with Crippen LogP contribution in [0.25, 0.3) is 11.8 Å². The van der Waals surface area contributed by atoms with Crippen molar-refractivity contribution in [3.63, 3.8) is 0 Å². The second-order valence-corrected chi connectivity index (χ2v) is 4.71. The van der Waals surface area contributed by atoms with Crippen molar-refractivity contribution < 1.29 is 9.53 Å². The lowest BCUT2D eigenvalue weighted by Crippen LogP contribution is -2.05. The van der Waals surface area contributed by atoms with Crippen LogP contribution in [0.1, 0.15) is 15.9 Å². The Morgan fingerprint density at radius 2 is 1.87 bits per heavy atom. The van der Waals surface area contributed by atoms with E-state index in [4.69, 9.17) is 4.74 Å². The van der Waals surface area contributed by atoms with Crippen LogP contribution in [0.3, 0.4) is 0 Å². The van der Waals surface area contributed by atoms with E-state index in [-0.39, 0.29) is 12.6 Å². The van der Waals surface area contributed by atoms with E-state index in [0.29, 0.717) is 5.56 Å². The first kappa shape index (κ1) is 14.6. The third-order valence-electron chi connectivity index (χ3n) is 3.14. The van der Waals surface area contributed by atoms with Crippen molar-refractivity contribution in [1.82, 2.24) is 20.2 Å². The van der Waals surface area contributed by atoms with Gasteiger partial charge < -0.3 is 4.74 Å². The topological polar surface area (TPSA) is 69.9 Å². The van der Waals surface area contributed by atoms with Crippen molar-refractivity contribution in [2.75, 3.05) is 6.61 Å². The van der Waals surface area contributed by atoms with Gasteiger partial charge in [0.25, 0.3) is 0 Å². The Morgan fingerprint density at radius 3 is 2.57 bits per heavy atom. The van der Waals surface area contributed by atoms with Crippen molar-refractivity contribution in [2.24, 2.45) is 0 Å². The molecule has 6 heteroatoms. The second-order valence-electron chi connectivity index (χ2n) is 4.71. The van der Waals surface area contributed by atoms with Gasteiger partial charge in [-0.05, 0) is 46.3 Å². The van der Waals surface area contributed by atoms with E-state index in [9.17, 15) is 4.79 Å². The van der Waals surface area contributed by atoms with Crippen LogP contribution in [0.15, 0.2) is 67.0 Å². The summed E-state index contributed by atoms with van der Waals surface area (Å²) in [5, 5.41) is 10.9. The summed E-state index contributed by atoms with van der Waals surface area (Å²) in [6.07, 6.45) is 5.21. The van der Waals surface area contributed by atoms with Crippen LogP contribution in [0.5, 0.6) is 0 Å². The van der Waals surface area contributed by atoms with Crippen LogP contribution in [0, 0.1) is 0 Å². The highest BCUT2D eigenvalue weighted by molar-refractivity contribution is 5.89. The fourth-order valence-electron chi connectivity index (χ4n) is 1.99. The Hall–Kier alpha value is -3.28. The monoisotopic (exact) mass is 306 g/mol. The summed E-state index contributed by atoms with van der Waals surface area (Å²) in [5.74, 6) is -0.369. The smallest absolute Gasteiger partial charge is 0.338 e. The van der Waals surface area contributed by atoms with Crippen molar-refractivity contribution >= 4 is 12.0 Å². The molecule has 0 fully saturated rings. The highest BCUT2D eigenvalue weighted by atomic mass is 16.5. The molecule has 1 aromatic heterocycles. The number of carbonyl (C=O) groups excluding carboxylic acids is 1. The standard InChI is InChI=1S/C17H14N4O2/c22-17(23-12-4-7-14-5-2-1-3-6-14)15-8-10-16(11-9-15)21-13-18-19-20-21/h1-11,13H,12H2. The number of carbonyl (C=O) groups is 1. The minimum Gasteiger partial charge on any atom is -0.458 e. The molecule has 1 heterocycles. The van der Waals surface area contributed by atoms with Gasteiger partial charge in [0, 0.05) is 0 Å². The first-order valence-corrected chi connectivity index (χ1v) is 7.05. The molecule has 3 aromatic rings. The molecule has 0 atom stereocenters. The van der Waals surface area contributed by atoms with E-state index in [1.54, 1.807) is 24.3 Å². The Balaban J connectivity index is 1.55. The first-order valence-electron chi connectivity index (χ1n) is 7.05. The predicted octanol–water partition coefficient (Wildman–Crippen LogP) is 2.53. The Kier molecular flexibility index (Phi) is 4.54. The zero-order chi connectivity index (χ0) is 15.9. The van der Waals surface area contributed by atoms with Crippen LogP contribution < -0.4 is 0 Å². The molecule has 0 saturated heterocycles. The number of rotatable bonds is 5. The molecule has 0 spiro atoms. The van der Waals surface area contributed by atoms with Gasteiger partial charge >= 0.3 is 5.97 Å². The van der Waals surface area contributed by atoms with Gasteiger partial charge in [-0.1, -0.05) is 36.4 Å². The normalized spacial score (nSPS) is 10.8. The molecule has 0 radical (unpaired) electrons. The van der Waals surface area contributed by atoms with Gasteiger partial charge in [0.15, 0.2) is 0 Å². The molecule has 114 valence electrons. The zero-order valence-electron chi connectivity index (χ0n) is 12.2. The lowest BCUT2D eigenvalue weighted by Gasteiger charge is -2.03. The van der Waals surface area contributed by atoms with Gasteiger partial charge in [-0.2, -0.15) is 0 Å². The molecule has 0 bridgehead atoms. The second kappa shape index (κ2) is 7.13. The highest BCUT2D eigenvalue weighted by Gasteiger charge is 2.06. The van der Waals surface area contributed by atoms with Crippen LogP contribution in [-0.2, 0) is 4.74 Å². The minimum absolute atomic E-state index is 0.225. The average molecular weight is 306 g/mol. The maximum absolute atomic E-state index is 12.0. The van der Waals surface area contributed by atoms with Gasteiger partial charge in [-0.15, -0.1) is 5.10 Å². The van der Waals surface area contributed by atoms with Crippen molar-refractivity contribution in [1.29, 1.82) is 0 Å². The zero-order valence-corrected chi connectivity index (χ0v) is 12.2. The SMILES string of the molecule is O=C(OCC=Cc1ccccc1)c1ccc(-n2cnnn2)cc1. The van der Waals surface area contributed by atoms with E-state index in [2.05, 4.69) is 15.5 Å². The summed E-state index contributed by atoms with van der Waals surface area (Å²) in [5.41, 5.74) is 2.32. The molecule has 0 amide bonds. The highest BCUT2D eigenvalue weighted by Crippen LogP contribution is 2.09. The number of aromatic nitrogens is 4.